The zero-order valence-electron chi connectivity index (χ0n) is 16.8. The first-order chi connectivity index (χ1) is 13.9. The van der Waals surface area contributed by atoms with Crippen molar-refractivity contribution in [3.05, 3.63) is 47.0 Å². The van der Waals surface area contributed by atoms with Crippen molar-refractivity contribution in [2.45, 2.75) is 26.9 Å². The minimum Gasteiger partial charge on any atom is -0.495 e. The van der Waals surface area contributed by atoms with Crippen molar-refractivity contribution in [2.24, 2.45) is 0 Å². The maximum atomic E-state index is 12.5. The topological polar surface area (TPSA) is 83.1 Å². The molecule has 0 fully saturated rings. The Morgan fingerprint density at radius 1 is 1.00 bits per heavy atom. The molecule has 0 spiro atoms. The summed E-state index contributed by atoms with van der Waals surface area (Å²) in [6, 6.07) is 9.54. The van der Waals surface area contributed by atoms with Crippen LogP contribution in [0, 0.1) is 0 Å². The summed E-state index contributed by atoms with van der Waals surface area (Å²) in [4.78, 5) is 24.9. The van der Waals surface area contributed by atoms with Crippen molar-refractivity contribution >= 4 is 29.2 Å². The zero-order chi connectivity index (χ0) is 21.4. The molecule has 8 heteroatoms. The van der Waals surface area contributed by atoms with Crippen molar-refractivity contribution in [2.75, 3.05) is 25.6 Å². The molecule has 0 aliphatic heterocycles. The molecule has 0 aliphatic carbocycles. The standard InChI is InChI=1S/C21H24ClNO6/c1-5-27-18-9-7-14(11-19(18)28-6-2)21(25)29-13(3)20(24)23-16-12-15(22)8-10-17(16)26-4/h7-13H,5-6H2,1-4H3,(H,23,24). The first kappa shape index (κ1) is 22.4. The third kappa shape index (κ3) is 6.02. The van der Waals surface area contributed by atoms with Crippen LogP contribution in [0.3, 0.4) is 0 Å². The van der Waals surface area contributed by atoms with Gasteiger partial charge in [-0.05, 0) is 57.2 Å². The first-order valence-corrected chi connectivity index (χ1v) is 9.52. The summed E-state index contributed by atoms with van der Waals surface area (Å²) in [7, 11) is 1.48. The molecule has 156 valence electrons. The number of halogens is 1. The molecule has 0 radical (unpaired) electrons. The normalized spacial score (nSPS) is 11.3. The Bertz CT molecular complexity index is 870. The van der Waals surface area contributed by atoms with Gasteiger partial charge in [0.2, 0.25) is 0 Å². The van der Waals surface area contributed by atoms with E-state index in [2.05, 4.69) is 5.32 Å². The van der Waals surface area contributed by atoms with E-state index in [0.717, 1.165) is 0 Å². The zero-order valence-corrected chi connectivity index (χ0v) is 17.5. The lowest BCUT2D eigenvalue weighted by molar-refractivity contribution is -0.123. The molecular formula is C21H24ClNO6. The first-order valence-electron chi connectivity index (χ1n) is 9.14. The van der Waals surface area contributed by atoms with Gasteiger partial charge in [-0.3, -0.25) is 4.79 Å². The Morgan fingerprint density at radius 3 is 2.31 bits per heavy atom. The van der Waals surface area contributed by atoms with Gasteiger partial charge in [-0.1, -0.05) is 11.6 Å². The second-order valence-corrected chi connectivity index (χ2v) is 6.35. The summed E-state index contributed by atoms with van der Waals surface area (Å²) in [5.41, 5.74) is 0.629. The third-order valence-corrected chi connectivity index (χ3v) is 4.09. The maximum absolute atomic E-state index is 12.5. The molecule has 7 nitrogen and oxygen atoms in total. The van der Waals surface area contributed by atoms with Crippen molar-refractivity contribution in [3.8, 4) is 17.2 Å². The number of nitrogens with one attached hydrogen (secondary N) is 1. The highest BCUT2D eigenvalue weighted by Crippen LogP contribution is 2.30. The molecule has 2 rings (SSSR count). The van der Waals surface area contributed by atoms with E-state index in [0.29, 0.717) is 41.2 Å². The summed E-state index contributed by atoms with van der Waals surface area (Å²) in [6.07, 6.45) is -1.05. The number of anilines is 1. The summed E-state index contributed by atoms with van der Waals surface area (Å²) >= 11 is 5.96. The molecule has 0 saturated heterocycles. The smallest absolute Gasteiger partial charge is 0.339 e. The van der Waals surface area contributed by atoms with Crippen LogP contribution < -0.4 is 19.5 Å². The van der Waals surface area contributed by atoms with Gasteiger partial charge in [0.15, 0.2) is 17.6 Å². The number of esters is 1. The molecule has 1 N–H and O–H groups in total. The van der Waals surface area contributed by atoms with Crippen molar-refractivity contribution < 1.29 is 28.5 Å². The number of carbonyl (C=O) groups is 2. The second kappa shape index (κ2) is 10.6. The number of rotatable bonds is 9. The SMILES string of the molecule is CCOc1ccc(C(=O)OC(C)C(=O)Nc2cc(Cl)ccc2OC)cc1OCC. The van der Waals surface area contributed by atoms with E-state index < -0.39 is 18.0 Å². The highest BCUT2D eigenvalue weighted by molar-refractivity contribution is 6.31. The fraction of sp³-hybridized carbons (Fsp3) is 0.333. The van der Waals surface area contributed by atoms with Crippen LogP contribution in [0.15, 0.2) is 36.4 Å². The Hall–Kier alpha value is -2.93. The minimum atomic E-state index is -1.05. The van der Waals surface area contributed by atoms with Crippen LogP contribution in [-0.4, -0.2) is 38.3 Å². The summed E-state index contributed by atoms with van der Waals surface area (Å²) in [6.45, 7) is 6.04. The third-order valence-electron chi connectivity index (χ3n) is 3.85. The fourth-order valence-corrected chi connectivity index (χ4v) is 2.64. The van der Waals surface area contributed by atoms with Gasteiger partial charge in [-0.25, -0.2) is 4.79 Å². The lowest BCUT2D eigenvalue weighted by Crippen LogP contribution is -2.30. The molecule has 2 aromatic rings. The molecule has 1 amide bonds. The fourth-order valence-electron chi connectivity index (χ4n) is 2.47. The van der Waals surface area contributed by atoms with E-state index in [-0.39, 0.29) is 5.56 Å². The van der Waals surface area contributed by atoms with E-state index >= 15 is 0 Å². The van der Waals surface area contributed by atoms with Crippen LogP contribution in [0.1, 0.15) is 31.1 Å². The minimum absolute atomic E-state index is 0.247. The van der Waals surface area contributed by atoms with Crippen LogP contribution >= 0.6 is 11.6 Å². The predicted octanol–water partition coefficient (Wildman–Crippen LogP) is 4.33. The maximum Gasteiger partial charge on any atom is 0.339 e. The van der Waals surface area contributed by atoms with E-state index in [9.17, 15) is 9.59 Å². The predicted molar refractivity (Wildman–Crippen MR) is 110 cm³/mol. The number of carbonyl (C=O) groups excluding carboxylic acids is 2. The Morgan fingerprint density at radius 2 is 1.66 bits per heavy atom. The second-order valence-electron chi connectivity index (χ2n) is 5.91. The average molecular weight is 422 g/mol. The number of methoxy groups -OCH3 is 1. The van der Waals surface area contributed by atoms with E-state index in [1.807, 2.05) is 13.8 Å². The van der Waals surface area contributed by atoms with Gasteiger partial charge in [0.1, 0.15) is 5.75 Å². The number of amides is 1. The Balaban J connectivity index is 2.09. The van der Waals surface area contributed by atoms with Gasteiger partial charge in [0, 0.05) is 5.02 Å². The molecular weight excluding hydrogens is 398 g/mol. The molecule has 0 saturated carbocycles. The van der Waals surface area contributed by atoms with Crippen molar-refractivity contribution in [3.63, 3.8) is 0 Å². The highest BCUT2D eigenvalue weighted by atomic mass is 35.5. The van der Waals surface area contributed by atoms with E-state index in [4.69, 9.17) is 30.5 Å². The number of benzene rings is 2. The molecule has 0 aliphatic rings. The Labute approximate surface area is 174 Å². The van der Waals surface area contributed by atoms with E-state index in [1.165, 1.54) is 20.1 Å². The van der Waals surface area contributed by atoms with Gasteiger partial charge in [0.05, 0.1) is 31.6 Å². The molecule has 1 unspecified atom stereocenters. The van der Waals surface area contributed by atoms with Crippen molar-refractivity contribution in [1.82, 2.24) is 0 Å². The van der Waals surface area contributed by atoms with Gasteiger partial charge < -0.3 is 24.3 Å². The molecule has 0 heterocycles. The molecule has 0 bridgehead atoms. The van der Waals surface area contributed by atoms with Gasteiger partial charge >= 0.3 is 5.97 Å². The lowest BCUT2D eigenvalue weighted by Gasteiger charge is -2.16. The number of hydrogen-bond donors (Lipinski definition) is 1. The van der Waals surface area contributed by atoms with Gasteiger partial charge in [0.25, 0.3) is 5.91 Å². The quantitative estimate of drug-likeness (QED) is 0.607. The van der Waals surface area contributed by atoms with Gasteiger partial charge in [-0.15, -0.1) is 0 Å². The molecule has 1 atom stereocenters. The highest BCUT2D eigenvalue weighted by Gasteiger charge is 2.21. The molecule has 29 heavy (non-hydrogen) atoms. The summed E-state index contributed by atoms with van der Waals surface area (Å²) in [5.74, 6) is 0.230. The van der Waals surface area contributed by atoms with Crippen LogP contribution in [0.2, 0.25) is 5.02 Å². The van der Waals surface area contributed by atoms with Crippen LogP contribution in [0.25, 0.3) is 0 Å². The van der Waals surface area contributed by atoms with Gasteiger partial charge in [-0.2, -0.15) is 0 Å². The summed E-state index contributed by atoms with van der Waals surface area (Å²) in [5, 5.41) is 3.08. The lowest BCUT2D eigenvalue weighted by atomic mass is 10.2. The van der Waals surface area contributed by atoms with E-state index in [1.54, 1.807) is 30.3 Å². The Kier molecular flexibility index (Phi) is 8.15. The molecule has 0 aromatic heterocycles. The number of ether oxygens (including phenoxy) is 4. The largest absolute Gasteiger partial charge is 0.495 e. The molecule has 2 aromatic carbocycles. The van der Waals surface area contributed by atoms with Crippen LogP contribution in [0.4, 0.5) is 5.69 Å². The average Bonchev–Trinajstić information content (AvgIpc) is 2.69. The van der Waals surface area contributed by atoms with Crippen LogP contribution in [-0.2, 0) is 9.53 Å². The monoisotopic (exact) mass is 421 g/mol. The van der Waals surface area contributed by atoms with Crippen LogP contribution in [0.5, 0.6) is 17.2 Å². The van der Waals surface area contributed by atoms with Crippen molar-refractivity contribution in [1.29, 1.82) is 0 Å². The summed E-state index contributed by atoms with van der Waals surface area (Å²) < 4.78 is 21.5. The number of hydrogen-bond acceptors (Lipinski definition) is 6.